The van der Waals surface area contributed by atoms with Gasteiger partial charge in [0, 0.05) is 6.07 Å². The van der Waals surface area contributed by atoms with E-state index in [1.54, 1.807) is 19.9 Å². The molecule has 0 saturated carbocycles. The van der Waals surface area contributed by atoms with Crippen LogP contribution < -0.4 is 10.5 Å². The Morgan fingerprint density at radius 3 is 2.60 bits per heavy atom. The van der Waals surface area contributed by atoms with Gasteiger partial charge in [0.05, 0.1) is 34.4 Å². The van der Waals surface area contributed by atoms with Gasteiger partial charge in [0.1, 0.15) is 5.75 Å². The van der Waals surface area contributed by atoms with E-state index in [4.69, 9.17) is 15.7 Å². The Hall–Kier alpha value is -1.74. The number of nitrogens with two attached hydrogens (primary N) is 1. The molecule has 0 saturated heterocycles. The normalized spacial score (nSPS) is 11.9. The fraction of sp³-hybridized carbons (Fsp3) is 0.500. The van der Waals surface area contributed by atoms with Crippen LogP contribution in [-0.2, 0) is 9.84 Å². The van der Waals surface area contributed by atoms with Gasteiger partial charge in [-0.15, -0.1) is 0 Å². The van der Waals surface area contributed by atoms with Crippen molar-refractivity contribution >= 4 is 15.5 Å². The minimum atomic E-state index is -3.53. The molecule has 110 valence electrons. The molecule has 0 heterocycles. The molecule has 0 aliphatic heterocycles. The minimum Gasteiger partial charge on any atom is -0.494 e. The zero-order valence-electron chi connectivity index (χ0n) is 12.0. The van der Waals surface area contributed by atoms with Gasteiger partial charge in [-0.05, 0) is 39.3 Å². The number of anilines is 1. The number of hydrogen-bond donors (Lipinski definition) is 1. The number of nitriles is 1. The summed E-state index contributed by atoms with van der Waals surface area (Å²) in [4.78, 5) is 0.0668. The molecule has 0 radical (unpaired) electrons. The van der Waals surface area contributed by atoms with E-state index in [9.17, 15) is 8.42 Å². The molecule has 6 heteroatoms. The van der Waals surface area contributed by atoms with E-state index >= 15 is 0 Å². The summed E-state index contributed by atoms with van der Waals surface area (Å²) < 4.78 is 29.9. The quantitative estimate of drug-likeness (QED) is 0.813. The molecule has 0 aliphatic rings. The summed E-state index contributed by atoms with van der Waals surface area (Å²) in [6, 6.07) is 6.69. The number of rotatable bonds is 6. The van der Waals surface area contributed by atoms with Gasteiger partial charge in [0.15, 0.2) is 9.84 Å². The van der Waals surface area contributed by atoms with Gasteiger partial charge in [0.25, 0.3) is 0 Å². The van der Waals surface area contributed by atoms with Crippen LogP contribution in [0.2, 0.25) is 0 Å². The highest BCUT2D eigenvalue weighted by molar-refractivity contribution is 7.91. The lowest BCUT2D eigenvalue weighted by atomic mass is 9.93. The lowest BCUT2D eigenvalue weighted by Crippen LogP contribution is -2.17. The topological polar surface area (TPSA) is 93.2 Å². The highest BCUT2D eigenvalue weighted by atomic mass is 32.2. The first-order valence-corrected chi connectivity index (χ1v) is 8.03. The maximum atomic E-state index is 12.3. The molecule has 2 N–H and O–H groups in total. The van der Waals surface area contributed by atoms with Crippen molar-refractivity contribution in [1.29, 1.82) is 5.26 Å². The van der Waals surface area contributed by atoms with Crippen molar-refractivity contribution in [2.75, 3.05) is 18.1 Å². The van der Waals surface area contributed by atoms with Crippen LogP contribution in [0.3, 0.4) is 0 Å². The minimum absolute atomic E-state index is 0.0668. The molecule has 0 fully saturated rings. The number of nitrogens with zero attached hydrogens (tertiary/aromatic N) is 1. The Kier molecular flexibility index (Phi) is 5.01. The van der Waals surface area contributed by atoms with E-state index in [0.717, 1.165) is 0 Å². The number of ether oxygens (including phenoxy) is 1. The second-order valence-electron chi connectivity index (χ2n) is 5.20. The molecule has 0 aromatic heterocycles. The molecule has 0 aliphatic carbocycles. The van der Waals surface area contributed by atoms with Crippen molar-refractivity contribution in [3.8, 4) is 11.8 Å². The van der Waals surface area contributed by atoms with Gasteiger partial charge in [-0.1, -0.05) is 0 Å². The van der Waals surface area contributed by atoms with E-state index in [1.165, 1.54) is 12.1 Å². The van der Waals surface area contributed by atoms with Crippen LogP contribution in [0.25, 0.3) is 0 Å². The average Bonchev–Trinajstić information content (AvgIpc) is 2.39. The lowest BCUT2D eigenvalue weighted by molar-refractivity contribution is 0.339. The first kappa shape index (κ1) is 16.3. The van der Waals surface area contributed by atoms with E-state index in [-0.39, 0.29) is 22.8 Å². The molecule has 5 nitrogen and oxygen atoms in total. The number of nitrogen functional groups attached to an aromatic ring is 1. The Labute approximate surface area is 120 Å². The largest absolute Gasteiger partial charge is 0.494 e. The van der Waals surface area contributed by atoms with Crippen molar-refractivity contribution in [3.63, 3.8) is 0 Å². The van der Waals surface area contributed by atoms with Gasteiger partial charge < -0.3 is 10.5 Å². The number of hydrogen-bond acceptors (Lipinski definition) is 5. The molecule has 1 aromatic rings. The number of sulfone groups is 1. The van der Waals surface area contributed by atoms with Crippen molar-refractivity contribution in [2.24, 2.45) is 5.41 Å². The van der Waals surface area contributed by atoms with Crippen LogP contribution in [0.5, 0.6) is 5.75 Å². The summed E-state index contributed by atoms with van der Waals surface area (Å²) in [6.07, 6.45) is 0.254. The molecule has 0 spiro atoms. The predicted molar refractivity (Wildman–Crippen MR) is 78.1 cm³/mol. The lowest BCUT2D eigenvalue weighted by Gasteiger charge is -2.16. The van der Waals surface area contributed by atoms with Gasteiger partial charge in [-0.2, -0.15) is 5.26 Å². The van der Waals surface area contributed by atoms with Crippen LogP contribution in [0.1, 0.15) is 27.2 Å². The van der Waals surface area contributed by atoms with Gasteiger partial charge in [-0.3, -0.25) is 0 Å². The maximum Gasteiger partial charge on any atom is 0.180 e. The summed E-state index contributed by atoms with van der Waals surface area (Å²) in [6.45, 7) is 5.69. The molecular formula is C14H20N2O3S. The van der Waals surface area contributed by atoms with Gasteiger partial charge in [-0.25, -0.2) is 8.42 Å². The van der Waals surface area contributed by atoms with Gasteiger partial charge in [0.2, 0.25) is 0 Å². The predicted octanol–water partition coefficient (Wildman–Crippen LogP) is 2.38. The number of benzene rings is 1. The summed E-state index contributed by atoms with van der Waals surface area (Å²) in [5, 5.41) is 8.94. The standard InChI is InChI=1S/C14H20N2O3S/c1-4-19-11-5-6-12(16)13(9-11)20(17,18)8-7-14(2,3)10-15/h5-6,9H,4,7-8,16H2,1-3H3. The first-order valence-electron chi connectivity index (χ1n) is 6.38. The summed E-state index contributed by atoms with van der Waals surface area (Å²) in [5.41, 5.74) is 5.26. The van der Waals surface area contributed by atoms with E-state index < -0.39 is 15.3 Å². The third kappa shape index (κ3) is 4.14. The summed E-state index contributed by atoms with van der Waals surface area (Å²) >= 11 is 0. The zero-order valence-corrected chi connectivity index (χ0v) is 12.8. The van der Waals surface area contributed by atoms with Crippen LogP contribution in [0.15, 0.2) is 23.1 Å². The monoisotopic (exact) mass is 296 g/mol. The molecule has 0 bridgehead atoms. The molecule has 0 atom stereocenters. The molecule has 1 aromatic carbocycles. The maximum absolute atomic E-state index is 12.3. The first-order chi connectivity index (χ1) is 9.22. The Bertz CT molecular complexity index is 616. The molecule has 0 unspecified atom stereocenters. The van der Waals surface area contributed by atoms with Crippen molar-refractivity contribution < 1.29 is 13.2 Å². The Morgan fingerprint density at radius 1 is 1.40 bits per heavy atom. The Balaban J connectivity index is 3.03. The average molecular weight is 296 g/mol. The van der Waals surface area contributed by atoms with Gasteiger partial charge >= 0.3 is 0 Å². The summed E-state index contributed by atoms with van der Waals surface area (Å²) in [5.74, 6) is 0.354. The summed E-state index contributed by atoms with van der Waals surface area (Å²) in [7, 11) is -3.53. The highest BCUT2D eigenvalue weighted by Gasteiger charge is 2.24. The van der Waals surface area contributed by atoms with Crippen LogP contribution in [0.4, 0.5) is 5.69 Å². The van der Waals surface area contributed by atoms with Crippen LogP contribution in [0, 0.1) is 16.7 Å². The molecule has 0 amide bonds. The third-order valence-electron chi connectivity index (χ3n) is 2.93. The van der Waals surface area contributed by atoms with Crippen molar-refractivity contribution in [1.82, 2.24) is 0 Å². The fourth-order valence-corrected chi connectivity index (χ4v) is 3.32. The van der Waals surface area contributed by atoms with E-state index in [2.05, 4.69) is 6.07 Å². The van der Waals surface area contributed by atoms with Crippen molar-refractivity contribution in [3.05, 3.63) is 18.2 Å². The Morgan fingerprint density at radius 2 is 2.05 bits per heavy atom. The second kappa shape index (κ2) is 6.14. The van der Waals surface area contributed by atoms with E-state index in [0.29, 0.717) is 12.4 Å². The van der Waals surface area contributed by atoms with Crippen LogP contribution in [-0.4, -0.2) is 20.8 Å². The SMILES string of the molecule is CCOc1ccc(N)c(S(=O)(=O)CCC(C)(C)C#N)c1. The molecule has 1 rings (SSSR count). The molecular weight excluding hydrogens is 276 g/mol. The highest BCUT2D eigenvalue weighted by Crippen LogP contribution is 2.28. The zero-order chi connectivity index (χ0) is 15.4. The third-order valence-corrected chi connectivity index (χ3v) is 4.69. The smallest absolute Gasteiger partial charge is 0.180 e. The van der Waals surface area contributed by atoms with Crippen LogP contribution >= 0.6 is 0 Å². The second-order valence-corrected chi connectivity index (χ2v) is 7.27. The molecule has 20 heavy (non-hydrogen) atoms. The van der Waals surface area contributed by atoms with E-state index in [1.807, 2.05) is 6.92 Å². The fourth-order valence-electron chi connectivity index (χ4n) is 1.60. The van der Waals surface area contributed by atoms with Crippen molar-refractivity contribution in [2.45, 2.75) is 32.1 Å².